The van der Waals surface area contributed by atoms with Gasteiger partial charge in [0, 0.05) is 41.1 Å². The monoisotopic (exact) mass is 568 g/mol. The number of carbonyl (C=O) groups is 3. The van der Waals surface area contributed by atoms with Gasteiger partial charge in [0.1, 0.15) is 0 Å². The lowest BCUT2D eigenvalue weighted by molar-refractivity contribution is -0.126. The van der Waals surface area contributed by atoms with Crippen molar-refractivity contribution in [1.29, 1.82) is 0 Å². The van der Waals surface area contributed by atoms with E-state index in [0.29, 0.717) is 34.8 Å². The van der Waals surface area contributed by atoms with Gasteiger partial charge in [-0.1, -0.05) is 59.6 Å². The second-order valence-corrected chi connectivity index (χ2v) is 10.3. The fraction of sp³-hybridized carbons (Fsp3) is 0.188. The highest BCUT2D eigenvalue weighted by Gasteiger charge is 2.47. The second-order valence-electron chi connectivity index (χ2n) is 9.81. The average Bonchev–Trinajstić information content (AvgIpc) is 3.29. The third-order valence-corrected chi connectivity index (χ3v) is 7.02. The van der Waals surface area contributed by atoms with E-state index in [0.717, 1.165) is 16.8 Å². The van der Waals surface area contributed by atoms with Crippen LogP contribution in [0.3, 0.4) is 0 Å². The van der Waals surface area contributed by atoms with E-state index in [1.807, 2.05) is 43.3 Å². The van der Waals surface area contributed by atoms with Crippen molar-refractivity contribution in [2.24, 2.45) is 0 Å². The highest BCUT2D eigenvalue weighted by atomic mass is 35.5. The summed E-state index contributed by atoms with van der Waals surface area (Å²) in [5.41, 5.74) is 4.28. The molecule has 2 atom stereocenters. The first-order chi connectivity index (χ1) is 19.9. The van der Waals surface area contributed by atoms with Crippen LogP contribution < -0.4 is 10.6 Å². The van der Waals surface area contributed by atoms with Crippen molar-refractivity contribution in [3.63, 3.8) is 0 Å². The van der Waals surface area contributed by atoms with Crippen LogP contribution in [0.25, 0.3) is 0 Å². The van der Waals surface area contributed by atoms with Crippen LogP contribution in [0.2, 0.25) is 5.02 Å². The number of ether oxygens (including phenoxy) is 1. The van der Waals surface area contributed by atoms with Crippen molar-refractivity contribution in [1.82, 2.24) is 15.2 Å². The van der Waals surface area contributed by atoms with Crippen LogP contribution >= 0.6 is 11.6 Å². The van der Waals surface area contributed by atoms with Gasteiger partial charge >= 0.3 is 6.09 Å². The Morgan fingerprint density at radius 3 is 2.54 bits per heavy atom. The molecule has 208 valence electrons. The van der Waals surface area contributed by atoms with Gasteiger partial charge in [0.05, 0.1) is 6.54 Å². The molecule has 2 unspecified atom stereocenters. The molecule has 8 nitrogen and oxygen atoms in total. The summed E-state index contributed by atoms with van der Waals surface area (Å²) in [6.07, 6.45) is 0.725. The van der Waals surface area contributed by atoms with E-state index in [4.69, 9.17) is 16.3 Å². The summed E-state index contributed by atoms with van der Waals surface area (Å²) >= 11 is 6.17. The van der Waals surface area contributed by atoms with Crippen molar-refractivity contribution in [3.05, 3.63) is 130 Å². The van der Waals surface area contributed by atoms with Gasteiger partial charge in [0.25, 0.3) is 5.91 Å². The number of aryl methyl sites for hydroxylation is 1. The average molecular weight is 569 g/mol. The Kier molecular flexibility index (Phi) is 8.60. The van der Waals surface area contributed by atoms with Crippen molar-refractivity contribution < 1.29 is 19.1 Å². The van der Waals surface area contributed by atoms with E-state index in [2.05, 4.69) is 15.6 Å². The number of hydrogen-bond donors (Lipinski definition) is 2. The number of anilines is 1. The van der Waals surface area contributed by atoms with Gasteiger partial charge in [0.15, 0.2) is 12.1 Å². The number of cyclic esters (lactones) is 1. The fourth-order valence-electron chi connectivity index (χ4n) is 4.71. The number of amides is 3. The SMILES string of the molecule is Cc1ccc(C(=O)Nc2cccc(C3OC(=O)N(Cc4cccc(Cl)c4)C3C(=O)NCCc3ccccn3)c2)cc1. The molecule has 3 amide bonds. The smallest absolute Gasteiger partial charge is 0.411 e. The van der Waals surface area contributed by atoms with Crippen molar-refractivity contribution in [3.8, 4) is 0 Å². The van der Waals surface area contributed by atoms with Crippen LogP contribution in [0.15, 0.2) is 97.2 Å². The lowest BCUT2D eigenvalue weighted by Gasteiger charge is -2.24. The number of rotatable bonds is 9. The number of nitrogens with one attached hydrogen (secondary N) is 2. The Labute approximate surface area is 243 Å². The fourth-order valence-corrected chi connectivity index (χ4v) is 4.92. The Bertz CT molecular complexity index is 1550. The molecule has 0 radical (unpaired) electrons. The molecule has 41 heavy (non-hydrogen) atoms. The molecule has 1 aliphatic rings. The molecule has 0 spiro atoms. The maximum absolute atomic E-state index is 13.6. The number of pyridine rings is 1. The normalized spacial score (nSPS) is 16.2. The third-order valence-electron chi connectivity index (χ3n) is 6.79. The van der Waals surface area contributed by atoms with Crippen LogP contribution in [0.1, 0.15) is 38.8 Å². The van der Waals surface area contributed by atoms with E-state index in [1.54, 1.807) is 60.8 Å². The standard InChI is InChI=1S/C32H29ClN4O4/c1-21-11-13-23(14-12-21)30(38)36-27-10-5-7-24(19-27)29-28(31(39)35-17-15-26-9-2-3-16-34-26)37(32(40)41-29)20-22-6-4-8-25(33)18-22/h2-14,16,18-19,28-29H,15,17,20H2,1H3,(H,35,39)(H,36,38). The molecule has 3 aromatic carbocycles. The van der Waals surface area contributed by atoms with E-state index in [9.17, 15) is 14.4 Å². The molecular weight excluding hydrogens is 540 g/mol. The quantitative estimate of drug-likeness (QED) is 0.269. The molecule has 9 heteroatoms. The molecule has 1 fully saturated rings. The van der Waals surface area contributed by atoms with Crippen LogP contribution in [-0.4, -0.2) is 40.4 Å². The zero-order valence-electron chi connectivity index (χ0n) is 22.4. The minimum absolute atomic E-state index is 0.137. The van der Waals surface area contributed by atoms with Gasteiger partial charge in [-0.15, -0.1) is 0 Å². The highest BCUT2D eigenvalue weighted by molar-refractivity contribution is 6.30. The number of benzene rings is 3. The summed E-state index contributed by atoms with van der Waals surface area (Å²) in [5.74, 6) is -0.620. The molecule has 0 aliphatic carbocycles. The van der Waals surface area contributed by atoms with Crippen LogP contribution in [0, 0.1) is 6.92 Å². The Morgan fingerprint density at radius 2 is 1.78 bits per heavy atom. The molecule has 2 heterocycles. The number of carbonyl (C=O) groups excluding carboxylic acids is 3. The molecule has 1 aromatic heterocycles. The van der Waals surface area contributed by atoms with Crippen LogP contribution in [0.4, 0.5) is 10.5 Å². The number of hydrogen-bond acceptors (Lipinski definition) is 5. The van der Waals surface area contributed by atoms with E-state index < -0.39 is 18.2 Å². The molecule has 1 aliphatic heterocycles. The first kappa shape index (κ1) is 27.9. The van der Waals surface area contributed by atoms with Crippen molar-refractivity contribution in [2.45, 2.75) is 32.0 Å². The van der Waals surface area contributed by atoms with Gasteiger partial charge < -0.3 is 15.4 Å². The van der Waals surface area contributed by atoms with E-state index >= 15 is 0 Å². The second kappa shape index (κ2) is 12.7. The summed E-state index contributed by atoms with van der Waals surface area (Å²) < 4.78 is 5.79. The highest BCUT2D eigenvalue weighted by Crippen LogP contribution is 2.35. The zero-order chi connectivity index (χ0) is 28.8. The van der Waals surface area contributed by atoms with Crippen molar-refractivity contribution >= 4 is 35.2 Å². The molecule has 1 saturated heterocycles. The van der Waals surface area contributed by atoms with Gasteiger partial charge in [-0.3, -0.25) is 19.5 Å². The van der Waals surface area contributed by atoms with Gasteiger partial charge in [-0.05, 0) is 66.6 Å². The molecule has 0 bridgehead atoms. The predicted octanol–water partition coefficient (Wildman–Crippen LogP) is 5.72. The first-order valence-corrected chi connectivity index (χ1v) is 13.6. The Hall–Kier alpha value is -4.69. The summed E-state index contributed by atoms with van der Waals surface area (Å²) in [7, 11) is 0. The molecule has 4 aromatic rings. The molecule has 5 rings (SSSR count). The summed E-state index contributed by atoms with van der Waals surface area (Å²) in [6.45, 7) is 2.43. The predicted molar refractivity (Wildman–Crippen MR) is 157 cm³/mol. The maximum Gasteiger partial charge on any atom is 0.411 e. The lowest BCUT2D eigenvalue weighted by atomic mass is 10.00. The number of nitrogens with zero attached hydrogens (tertiary/aromatic N) is 2. The topological polar surface area (TPSA) is 101 Å². The number of halogens is 1. The maximum atomic E-state index is 13.6. The largest absolute Gasteiger partial charge is 0.438 e. The van der Waals surface area contributed by atoms with E-state index in [1.165, 1.54) is 4.90 Å². The summed E-state index contributed by atoms with van der Waals surface area (Å²) in [5, 5.41) is 6.36. The van der Waals surface area contributed by atoms with Crippen molar-refractivity contribution in [2.75, 3.05) is 11.9 Å². The minimum atomic E-state index is -0.951. The Balaban J connectivity index is 1.38. The lowest BCUT2D eigenvalue weighted by Crippen LogP contribution is -2.46. The summed E-state index contributed by atoms with van der Waals surface area (Å²) in [4.78, 5) is 45.3. The molecule has 2 N–H and O–H groups in total. The minimum Gasteiger partial charge on any atom is -0.438 e. The van der Waals surface area contributed by atoms with E-state index in [-0.39, 0.29) is 18.4 Å². The van der Waals surface area contributed by atoms with Crippen LogP contribution in [-0.2, 0) is 22.5 Å². The molecule has 0 saturated carbocycles. The molecular formula is C32H29ClN4O4. The van der Waals surface area contributed by atoms with Crippen LogP contribution in [0.5, 0.6) is 0 Å². The Morgan fingerprint density at radius 1 is 0.976 bits per heavy atom. The third kappa shape index (κ3) is 6.91. The number of aromatic nitrogens is 1. The van der Waals surface area contributed by atoms with Gasteiger partial charge in [-0.2, -0.15) is 0 Å². The van der Waals surface area contributed by atoms with Gasteiger partial charge in [-0.25, -0.2) is 4.79 Å². The first-order valence-electron chi connectivity index (χ1n) is 13.2. The van der Waals surface area contributed by atoms with Gasteiger partial charge in [0.2, 0.25) is 5.91 Å². The zero-order valence-corrected chi connectivity index (χ0v) is 23.2. The summed E-state index contributed by atoms with van der Waals surface area (Å²) in [6, 6.07) is 26.0.